The van der Waals surface area contributed by atoms with Crippen molar-refractivity contribution < 1.29 is 9.84 Å². The number of ether oxygens (including phenoxy) is 1. The highest BCUT2D eigenvalue weighted by Gasteiger charge is 2.06. The number of rotatable bonds is 5. The van der Waals surface area contributed by atoms with Crippen molar-refractivity contribution in [1.82, 2.24) is 9.55 Å². The van der Waals surface area contributed by atoms with E-state index in [2.05, 4.69) is 4.98 Å². The van der Waals surface area contributed by atoms with Crippen LogP contribution in [0.25, 0.3) is 0 Å². The molecule has 2 rings (SSSR count). The van der Waals surface area contributed by atoms with Gasteiger partial charge in [0.25, 0.3) is 0 Å². The van der Waals surface area contributed by atoms with Crippen molar-refractivity contribution in [2.24, 2.45) is 0 Å². The van der Waals surface area contributed by atoms with Crippen molar-refractivity contribution in [3.8, 4) is 5.75 Å². The molecular weight excluding hydrogens is 252 g/mol. The Morgan fingerprint density at radius 1 is 1.44 bits per heavy atom. The molecule has 0 spiro atoms. The molecule has 0 fully saturated rings. The van der Waals surface area contributed by atoms with Crippen LogP contribution in [0.2, 0.25) is 5.02 Å². The summed E-state index contributed by atoms with van der Waals surface area (Å²) >= 11 is 6.06. The molecule has 4 nitrogen and oxygen atoms in total. The first-order chi connectivity index (χ1) is 8.74. The summed E-state index contributed by atoms with van der Waals surface area (Å²) in [7, 11) is 0. The third kappa shape index (κ3) is 2.83. The van der Waals surface area contributed by atoms with Gasteiger partial charge in [-0.05, 0) is 24.6 Å². The fourth-order valence-electron chi connectivity index (χ4n) is 1.67. The van der Waals surface area contributed by atoms with Crippen LogP contribution in [0.1, 0.15) is 18.3 Å². The highest BCUT2D eigenvalue weighted by atomic mass is 35.5. The standard InChI is InChI=1S/C13H15ClN2O2/c1-2-16-6-5-15-13(16)9-18-12-4-3-10(8-17)7-11(12)14/h3-7,17H,2,8-9H2,1H3. The van der Waals surface area contributed by atoms with E-state index in [1.54, 1.807) is 24.4 Å². The molecule has 1 aromatic heterocycles. The Kier molecular flexibility index (Phi) is 4.23. The average molecular weight is 267 g/mol. The second-order valence-electron chi connectivity index (χ2n) is 3.84. The molecule has 1 heterocycles. The summed E-state index contributed by atoms with van der Waals surface area (Å²) in [6, 6.07) is 5.24. The Morgan fingerprint density at radius 2 is 2.28 bits per heavy atom. The van der Waals surface area contributed by atoms with Crippen molar-refractivity contribution >= 4 is 11.6 Å². The van der Waals surface area contributed by atoms with E-state index >= 15 is 0 Å². The van der Waals surface area contributed by atoms with E-state index in [1.165, 1.54) is 0 Å². The molecule has 0 saturated heterocycles. The van der Waals surface area contributed by atoms with Gasteiger partial charge in [-0.3, -0.25) is 0 Å². The highest BCUT2D eigenvalue weighted by molar-refractivity contribution is 6.32. The van der Waals surface area contributed by atoms with Crippen molar-refractivity contribution in [1.29, 1.82) is 0 Å². The predicted octanol–water partition coefficient (Wildman–Crippen LogP) is 2.63. The van der Waals surface area contributed by atoms with E-state index < -0.39 is 0 Å². The number of halogens is 1. The van der Waals surface area contributed by atoms with E-state index in [4.69, 9.17) is 21.4 Å². The molecule has 0 aliphatic carbocycles. The summed E-state index contributed by atoms with van der Waals surface area (Å²) < 4.78 is 7.64. The topological polar surface area (TPSA) is 47.3 Å². The monoisotopic (exact) mass is 266 g/mol. The van der Waals surface area contributed by atoms with Gasteiger partial charge in [-0.2, -0.15) is 0 Å². The first kappa shape index (κ1) is 12.9. The minimum absolute atomic E-state index is 0.0275. The molecule has 0 amide bonds. The summed E-state index contributed by atoms with van der Waals surface area (Å²) in [4.78, 5) is 4.22. The molecule has 0 unspecified atom stereocenters. The largest absolute Gasteiger partial charge is 0.484 e. The summed E-state index contributed by atoms with van der Waals surface area (Å²) in [5.74, 6) is 1.46. The van der Waals surface area contributed by atoms with Crippen molar-refractivity contribution in [2.75, 3.05) is 0 Å². The number of aliphatic hydroxyl groups is 1. The number of aliphatic hydroxyl groups excluding tert-OH is 1. The lowest BCUT2D eigenvalue weighted by Gasteiger charge is -2.09. The smallest absolute Gasteiger partial charge is 0.146 e. The van der Waals surface area contributed by atoms with Crippen LogP contribution in [0.3, 0.4) is 0 Å². The molecule has 0 atom stereocenters. The molecular formula is C13H15ClN2O2. The number of hydrogen-bond donors (Lipinski definition) is 1. The number of hydrogen-bond acceptors (Lipinski definition) is 3. The van der Waals surface area contributed by atoms with Gasteiger partial charge in [0.2, 0.25) is 0 Å². The molecule has 0 radical (unpaired) electrons. The maximum atomic E-state index is 8.99. The lowest BCUT2D eigenvalue weighted by Crippen LogP contribution is -2.05. The Balaban J connectivity index is 2.06. The van der Waals surface area contributed by atoms with E-state index in [-0.39, 0.29) is 6.61 Å². The van der Waals surface area contributed by atoms with Gasteiger partial charge in [0.1, 0.15) is 18.2 Å². The Morgan fingerprint density at radius 3 is 2.94 bits per heavy atom. The number of nitrogens with zero attached hydrogens (tertiary/aromatic N) is 2. The molecule has 18 heavy (non-hydrogen) atoms. The maximum absolute atomic E-state index is 8.99. The van der Waals surface area contributed by atoms with E-state index in [0.29, 0.717) is 17.4 Å². The SMILES string of the molecule is CCn1ccnc1COc1ccc(CO)cc1Cl. The molecule has 96 valence electrons. The van der Waals surface area contributed by atoms with Crippen LogP contribution in [-0.4, -0.2) is 14.7 Å². The lowest BCUT2D eigenvalue weighted by atomic mass is 10.2. The molecule has 0 aliphatic rings. The number of aromatic nitrogens is 2. The number of benzene rings is 1. The van der Waals surface area contributed by atoms with Crippen LogP contribution in [0.15, 0.2) is 30.6 Å². The normalized spacial score (nSPS) is 10.6. The van der Waals surface area contributed by atoms with E-state index in [9.17, 15) is 0 Å². The van der Waals surface area contributed by atoms with Crippen LogP contribution >= 0.6 is 11.6 Å². The van der Waals surface area contributed by atoms with Gasteiger partial charge in [0.15, 0.2) is 0 Å². The van der Waals surface area contributed by atoms with E-state index in [0.717, 1.165) is 17.9 Å². The number of imidazole rings is 1. The summed E-state index contributed by atoms with van der Waals surface area (Å²) in [5, 5.41) is 9.49. The second-order valence-corrected chi connectivity index (χ2v) is 4.25. The zero-order chi connectivity index (χ0) is 13.0. The van der Waals surface area contributed by atoms with Crippen molar-refractivity contribution in [3.05, 3.63) is 47.0 Å². The summed E-state index contributed by atoms with van der Waals surface area (Å²) in [6.45, 7) is 3.25. The van der Waals surface area contributed by atoms with Crippen molar-refractivity contribution in [3.63, 3.8) is 0 Å². The summed E-state index contributed by atoms with van der Waals surface area (Å²) in [6.07, 6.45) is 3.66. The minimum atomic E-state index is -0.0275. The minimum Gasteiger partial charge on any atom is -0.484 e. The summed E-state index contributed by atoms with van der Waals surface area (Å²) in [5.41, 5.74) is 0.766. The van der Waals surface area contributed by atoms with Gasteiger partial charge in [-0.15, -0.1) is 0 Å². The fraction of sp³-hybridized carbons (Fsp3) is 0.308. The predicted molar refractivity (Wildman–Crippen MR) is 69.6 cm³/mol. The second kappa shape index (κ2) is 5.89. The molecule has 0 aliphatic heterocycles. The highest BCUT2D eigenvalue weighted by Crippen LogP contribution is 2.26. The third-order valence-corrected chi connectivity index (χ3v) is 2.97. The molecule has 0 bridgehead atoms. The molecule has 0 saturated carbocycles. The molecule has 5 heteroatoms. The van der Waals surface area contributed by atoms with Gasteiger partial charge in [0.05, 0.1) is 11.6 Å². The Labute approximate surface area is 111 Å². The first-order valence-corrected chi connectivity index (χ1v) is 6.14. The first-order valence-electron chi connectivity index (χ1n) is 5.76. The van der Waals surface area contributed by atoms with Crippen molar-refractivity contribution in [2.45, 2.75) is 26.7 Å². The van der Waals surface area contributed by atoms with Gasteiger partial charge in [-0.25, -0.2) is 4.98 Å². The maximum Gasteiger partial charge on any atom is 0.146 e. The number of aryl methyl sites for hydroxylation is 1. The zero-order valence-corrected chi connectivity index (χ0v) is 10.9. The van der Waals surface area contributed by atoms with Crippen LogP contribution < -0.4 is 4.74 Å². The quantitative estimate of drug-likeness (QED) is 0.905. The Hall–Kier alpha value is -1.52. The van der Waals surface area contributed by atoms with Crippen LogP contribution in [-0.2, 0) is 19.8 Å². The van der Waals surface area contributed by atoms with Gasteiger partial charge in [0, 0.05) is 18.9 Å². The van der Waals surface area contributed by atoms with Crippen LogP contribution in [0.5, 0.6) is 5.75 Å². The molecule has 1 N–H and O–H groups in total. The molecule has 2 aromatic rings. The Bertz CT molecular complexity index is 525. The van der Waals surface area contributed by atoms with Gasteiger partial charge < -0.3 is 14.4 Å². The third-order valence-electron chi connectivity index (χ3n) is 2.68. The van der Waals surface area contributed by atoms with E-state index in [1.807, 2.05) is 17.7 Å². The fourth-order valence-corrected chi connectivity index (χ4v) is 1.93. The average Bonchev–Trinajstić information content (AvgIpc) is 2.84. The van der Waals surface area contributed by atoms with Gasteiger partial charge in [-0.1, -0.05) is 17.7 Å². The molecule has 1 aromatic carbocycles. The van der Waals surface area contributed by atoms with Crippen LogP contribution in [0, 0.1) is 0 Å². The zero-order valence-electron chi connectivity index (χ0n) is 10.1. The van der Waals surface area contributed by atoms with Crippen LogP contribution in [0.4, 0.5) is 0 Å². The van der Waals surface area contributed by atoms with Gasteiger partial charge >= 0.3 is 0 Å². The lowest BCUT2D eigenvalue weighted by molar-refractivity contribution is 0.279.